The van der Waals surface area contributed by atoms with Crippen molar-refractivity contribution in [3.8, 4) is 18.4 Å². The number of terminal acetylenes is 1. The van der Waals surface area contributed by atoms with E-state index >= 15 is 0 Å². The summed E-state index contributed by atoms with van der Waals surface area (Å²) in [6, 6.07) is 1.66. The maximum atomic E-state index is 14.0. The third kappa shape index (κ3) is 4.75. The number of benzene rings is 1. The van der Waals surface area contributed by atoms with E-state index in [0.717, 1.165) is 0 Å². The fourth-order valence-corrected chi connectivity index (χ4v) is 2.60. The van der Waals surface area contributed by atoms with Gasteiger partial charge in [0.25, 0.3) is 0 Å². The van der Waals surface area contributed by atoms with Crippen LogP contribution in [0.2, 0.25) is 0 Å². The molecule has 9 heteroatoms. The zero-order valence-corrected chi connectivity index (χ0v) is 15.2. The maximum absolute atomic E-state index is 14.0. The highest BCUT2D eigenvalue weighted by molar-refractivity contribution is 5.93. The van der Waals surface area contributed by atoms with E-state index in [9.17, 15) is 27.2 Å². The number of nitriles is 1. The fourth-order valence-electron chi connectivity index (χ4n) is 2.60. The second kappa shape index (κ2) is 9.24. The molecule has 1 aliphatic rings. The SMILES string of the molecule is C#CCc1c(F)c(F)c(COC(=O)[C@@H]2C[C@H]2C=C(C#N)C(=O)OCC)c(F)c1F. The van der Waals surface area contributed by atoms with Gasteiger partial charge in [0.05, 0.1) is 18.1 Å². The first-order valence-corrected chi connectivity index (χ1v) is 8.49. The number of rotatable bonds is 7. The summed E-state index contributed by atoms with van der Waals surface area (Å²) in [5, 5.41) is 8.95. The Morgan fingerprint density at radius 2 is 1.72 bits per heavy atom. The lowest BCUT2D eigenvalue weighted by atomic mass is 10.1. The third-order valence-corrected chi connectivity index (χ3v) is 4.22. The van der Waals surface area contributed by atoms with E-state index in [1.54, 1.807) is 13.0 Å². The van der Waals surface area contributed by atoms with Gasteiger partial charge >= 0.3 is 11.9 Å². The molecule has 1 aliphatic carbocycles. The molecule has 0 aliphatic heterocycles. The van der Waals surface area contributed by atoms with Gasteiger partial charge in [-0.1, -0.05) is 6.08 Å². The van der Waals surface area contributed by atoms with Gasteiger partial charge in [0.1, 0.15) is 18.2 Å². The van der Waals surface area contributed by atoms with E-state index in [1.807, 2.05) is 5.92 Å². The van der Waals surface area contributed by atoms with Crippen molar-refractivity contribution in [3.63, 3.8) is 0 Å². The number of halogens is 4. The van der Waals surface area contributed by atoms with Crippen molar-refractivity contribution in [2.75, 3.05) is 6.61 Å². The topological polar surface area (TPSA) is 76.4 Å². The van der Waals surface area contributed by atoms with Crippen LogP contribution in [0.5, 0.6) is 0 Å². The molecular formula is C20H15F4NO4. The second-order valence-corrected chi connectivity index (χ2v) is 6.12. The van der Waals surface area contributed by atoms with Crippen molar-refractivity contribution in [1.29, 1.82) is 5.26 Å². The zero-order valence-electron chi connectivity index (χ0n) is 15.2. The highest BCUT2D eigenvalue weighted by Gasteiger charge is 2.43. The van der Waals surface area contributed by atoms with Crippen molar-refractivity contribution in [2.24, 2.45) is 11.8 Å². The molecule has 0 aromatic heterocycles. The Balaban J connectivity index is 2.07. The fraction of sp³-hybridized carbons (Fsp3) is 0.350. The molecule has 2 atom stereocenters. The van der Waals surface area contributed by atoms with Gasteiger partial charge in [-0.3, -0.25) is 4.79 Å². The average molecular weight is 409 g/mol. The van der Waals surface area contributed by atoms with Crippen LogP contribution in [0.4, 0.5) is 17.6 Å². The van der Waals surface area contributed by atoms with E-state index in [4.69, 9.17) is 16.4 Å². The Morgan fingerprint density at radius 1 is 1.14 bits per heavy atom. The molecule has 2 rings (SSSR count). The van der Waals surface area contributed by atoms with Gasteiger partial charge in [0.2, 0.25) is 0 Å². The smallest absolute Gasteiger partial charge is 0.348 e. The van der Waals surface area contributed by atoms with Gasteiger partial charge in [-0.15, -0.1) is 12.3 Å². The molecule has 0 unspecified atom stereocenters. The molecule has 0 N–H and O–H groups in total. The molecule has 0 radical (unpaired) electrons. The zero-order chi connectivity index (χ0) is 21.7. The predicted octanol–water partition coefficient (Wildman–Crippen LogP) is 3.11. The van der Waals surface area contributed by atoms with Crippen LogP contribution < -0.4 is 0 Å². The molecule has 29 heavy (non-hydrogen) atoms. The highest BCUT2D eigenvalue weighted by Crippen LogP contribution is 2.41. The summed E-state index contributed by atoms with van der Waals surface area (Å²) >= 11 is 0. The largest absolute Gasteiger partial charge is 0.462 e. The number of esters is 2. The Kier molecular flexibility index (Phi) is 7.00. The summed E-state index contributed by atoms with van der Waals surface area (Å²) in [7, 11) is 0. The molecule has 1 fully saturated rings. The number of allylic oxidation sites excluding steroid dienone is 1. The van der Waals surface area contributed by atoms with E-state index < -0.39 is 71.2 Å². The molecule has 0 spiro atoms. The molecule has 5 nitrogen and oxygen atoms in total. The molecule has 152 valence electrons. The predicted molar refractivity (Wildman–Crippen MR) is 90.5 cm³/mol. The van der Waals surface area contributed by atoms with Crippen molar-refractivity contribution in [1.82, 2.24) is 0 Å². The summed E-state index contributed by atoms with van der Waals surface area (Å²) in [5.74, 6) is -7.76. The molecule has 0 heterocycles. The summed E-state index contributed by atoms with van der Waals surface area (Å²) in [4.78, 5) is 23.5. The summed E-state index contributed by atoms with van der Waals surface area (Å²) < 4.78 is 65.2. The molecule has 0 saturated heterocycles. The minimum atomic E-state index is -1.69. The van der Waals surface area contributed by atoms with Crippen LogP contribution in [-0.4, -0.2) is 18.5 Å². The number of ether oxygens (including phenoxy) is 2. The Bertz CT molecular complexity index is 930. The summed E-state index contributed by atoms with van der Waals surface area (Å²) in [6.45, 7) is 0.599. The molecule has 0 amide bonds. The lowest BCUT2D eigenvalue weighted by Crippen LogP contribution is -2.13. The standard InChI is InChI=1S/C20H15F4NO4/c1-3-5-12-15(21)17(23)14(18(24)16(12)22)9-29-20(27)13-7-10(13)6-11(8-25)19(26)28-4-2/h1,6,10,13H,4-5,7,9H2,2H3/t10-,13-/m1/s1. The minimum absolute atomic E-state index is 0.0678. The van der Waals surface area contributed by atoms with Gasteiger partial charge in [-0.25, -0.2) is 22.4 Å². The van der Waals surface area contributed by atoms with Gasteiger partial charge < -0.3 is 9.47 Å². The van der Waals surface area contributed by atoms with Gasteiger partial charge in [-0.05, 0) is 19.3 Å². The first-order valence-electron chi connectivity index (χ1n) is 8.49. The van der Waals surface area contributed by atoms with Crippen LogP contribution in [0.15, 0.2) is 11.6 Å². The lowest BCUT2D eigenvalue weighted by Gasteiger charge is -2.11. The number of hydrogen-bond acceptors (Lipinski definition) is 5. The molecule has 1 aromatic rings. The van der Waals surface area contributed by atoms with Gasteiger partial charge in [0, 0.05) is 12.0 Å². The van der Waals surface area contributed by atoms with Crippen LogP contribution in [0.25, 0.3) is 0 Å². The lowest BCUT2D eigenvalue weighted by molar-refractivity contribution is -0.147. The Hall–Kier alpha value is -3.33. The normalized spacial score (nSPS) is 17.8. The quantitative estimate of drug-likeness (QED) is 0.173. The third-order valence-electron chi connectivity index (χ3n) is 4.22. The number of hydrogen-bond donors (Lipinski definition) is 0. The summed E-state index contributed by atoms with van der Waals surface area (Å²) in [6.07, 6.45) is 5.75. The second-order valence-electron chi connectivity index (χ2n) is 6.12. The van der Waals surface area contributed by atoms with Crippen LogP contribution >= 0.6 is 0 Å². The van der Waals surface area contributed by atoms with Crippen LogP contribution in [-0.2, 0) is 32.1 Å². The van der Waals surface area contributed by atoms with E-state index in [-0.39, 0.29) is 18.6 Å². The van der Waals surface area contributed by atoms with E-state index in [2.05, 4.69) is 4.74 Å². The number of nitrogens with zero attached hydrogens (tertiary/aromatic N) is 1. The Morgan fingerprint density at radius 3 is 2.24 bits per heavy atom. The van der Waals surface area contributed by atoms with E-state index in [1.165, 1.54) is 6.08 Å². The number of carbonyl (C=O) groups excluding carboxylic acids is 2. The first-order chi connectivity index (χ1) is 13.8. The average Bonchev–Trinajstić information content (AvgIpc) is 3.47. The van der Waals surface area contributed by atoms with Crippen molar-refractivity contribution < 1.29 is 36.6 Å². The number of carbonyl (C=O) groups is 2. The molecule has 1 saturated carbocycles. The molecule has 1 aromatic carbocycles. The van der Waals surface area contributed by atoms with Crippen LogP contribution in [0.3, 0.4) is 0 Å². The van der Waals surface area contributed by atoms with Crippen molar-refractivity contribution in [3.05, 3.63) is 46.0 Å². The van der Waals surface area contributed by atoms with Gasteiger partial charge in [0.15, 0.2) is 23.3 Å². The minimum Gasteiger partial charge on any atom is -0.462 e. The monoisotopic (exact) mass is 409 g/mol. The first kappa shape index (κ1) is 22.0. The van der Waals surface area contributed by atoms with Crippen molar-refractivity contribution in [2.45, 2.75) is 26.4 Å². The van der Waals surface area contributed by atoms with Crippen LogP contribution in [0, 0.1) is 58.8 Å². The van der Waals surface area contributed by atoms with E-state index in [0.29, 0.717) is 0 Å². The summed E-state index contributed by atoms with van der Waals surface area (Å²) in [5.41, 5.74) is -2.28. The molecule has 0 bridgehead atoms. The van der Waals surface area contributed by atoms with Crippen molar-refractivity contribution >= 4 is 11.9 Å². The van der Waals surface area contributed by atoms with Crippen LogP contribution in [0.1, 0.15) is 24.5 Å². The molecular weight excluding hydrogens is 394 g/mol. The maximum Gasteiger partial charge on any atom is 0.348 e. The van der Waals surface area contributed by atoms with Gasteiger partial charge in [-0.2, -0.15) is 5.26 Å². The Labute approximate surface area is 163 Å². The highest BCUT2D eigenvalue weighted by atomic mass is 19.2.